The number of furan rings is 1. The van der Waals surface area contributed by atoms with Gasteiger partial charge in [0.2, 0.25) is 0 Å². The van der Waals surface area contributed by atoms with E-state index in [1.807, 2.05) is 18.2 Å². The standard InChI is InChI=1S/C15H19NO/c1-12(2)15(13-7-4-3-5-8-13)16-11-14-9-6-10-17-14/h3-10,12,15-16H,11H2,1-2H3. The summed E-state index contributed by atoms with van der Waals surface area (Å²) >= 11 is 0. The Kier molecular flexibility index (Phi) is 3.99. The predicted octanol–water partition coefficient (Wildman–Crippen LogP) is 3.77. The molecular weight excluding hydrogens is 210 g/mol. The summed E-state index contributed by atoms with van der Waals surface area (Å²) in [6, 6.07) is 14.8. The second kappa shape index (κ2) is 5.69. The highest BCUT2D eigenvalue weighted by atomic mass is 16.3. The molecular formula is C15H19NO. The van der Waals surface area contributed by atoms with Crippen molar-refractivity contribution in [1.82, 2.24) is 5.32 Å². The molecule has 2 aromatic rings. The fourth-order valence-corrected chi connectivity index (χ4v) is 2.02. The minimum Gasteiger partial charge on any atom is -0.468 e. The van der Waals surface area contributed by atoms with Gasteiger partial charge in [0, 0.05) is 6.04 Å². The first-order valence-electron chi connectivity index (χ1n) is 6.08. The van der Waals surface area contributed by atoms with Gasteiger partial charge in [-0.2, -0.15) is 0 Å². The zero-order valence-electron chi connectivity index (χ0n) is 10.4. The average molecular weight is 229 g/mol. The van der Waals surface area contributed by atoms with E-state index in [9.17, 15) is 0 Å². The van der Waals surface area contributed by atoms with Crippen LogP contribution < -0.4 is 5.32 Å². The molecule has 1 aromatic carbocycles. The first-order valence-corrected chi connectivity index (χ1v) is 6.08. The lowest BCUT2D eigenvalue weighted by Gasteiger charge is -2.22. The van der Waals surface area contributed by atoms with Gasteiger partial charge in [0.25, 0.3) is 0 Å². The van der Waals surface area contributed by atoms with Crippen molar-refractivity contribution in [3.63, 3.8) is 0 Å². The predicted molar refractivity (Wildman–Crippen MR) is 69.6 cm³/mol. The lowest BCUT2D eigenvalue weighted by atomic mass is 9.96. The van der Waals surface area contributed by atoms with Gasteiger partial charge in [0.05, 0.1) is 12.8 Å². The van der Waals surface area contributed by atoms with Crippen molar-refractivity contribution in [2.24, 2.45) is 5.92 Å². The molecule has 1 N–H and O–H groups in total. The molecule has 0 aliphatic carbocycles. The number of hydrogen-bond donors (Lipinski definition) is 1. The van der Waals surface area contributed by atoms with E-state index in [2.05, 4.69) is 43.4 Å². The van der Waals surface area contributed by atoms with Crippen LogP contribution in [-0.4, -0.2) is 0 Å². The Bertz CT molecular complexity index is 419. The van der Waals surface area contributed by atoms with E-state index < -0.39 is 0 Å². The van der Waals surface area contributed by atoms with Crippen LogP contribution in [0.1, 0.15) is 31.2 Å². The topological polar surface area (TPSA) is 25.2 Å². The van der Waals surface area contributed by atoms with E-state index >= 15 is 0 Å². The Labute approximate surface area is 103 Å². The highest BCUT2D eigenvalue weighted by Crippen LogP contribution is 2.21. The van der Waals surface area contributed by atoms with Gasteiger partial charge in [-0.05, 0) is 23.6 Å². The summed E-state index contributed by atoms with van der Waals surface area (Å²) < 4.78 is 5.34. The lowest BCUT2D eigenvalue weighted by Crippen LogP contribution is -2.25. The molecule has 0 saturated heterocycles. The third-order valence-electron chi connectivity index (χ3n) is 2.90. The molecule has 0 aliphatic heterocycles. The zero-order valence-corrected chi connectivity index (χ0v) is 10.4. The Hall–Kier alpha value is -1.54. The third-order valence-corrected chi connectivity index (χ3v) is 2.90. The van der Waals surface area contributed by atoms with Crippen LogP contribution in [0.15, 0.2) is 53.1 Å². The van der Waals surface area contributed by atoms with Crippen molar-refractivity contribution >= 4 is 0 Å². The van der Waals surface area contributed by atoms with Crippen molar-refractivity contribution in [3.05, 3.63) is 60.1 Å². The maximum Gasteiger partial charge on any atom is 0.117 e. The Balaban J connectivity index is 2.03. The molecule has 17 heavy (non-hydrogen) atoms. The van der Waals surface area contributed by atoms with Gasteiger partial charge >= 0.3 is 0 Å². The van der Waals surface area contributed by atoms with Crippen molar-refractivity contribution in [1.29, 1.82) is 0 Å². The van der Waals surface area contributed by atoms with Gasteiger partial charge in [-0.1, -0.05) is 44.2 Å². The van der Waals surface area contributed by atoms with E-state index in [-0.39, 0.29) is 0 Å². The first-order chi connectivity index (χ1) is 8.27. The minimum atomic E-state index is 0.362. The third kappa shape index (κ3) is 3.21. The van der Waals surface area contributed by atoms with Crippen LogP contribution in [0.5, 0.6) is 0 Å². The molecule has 90 valence electrons. The molecule has 0 saturated carbocycles. The van der Waals surface area contributed by atoms with Gasteiger partial charge < -0.3 is 9.73 Å². The Morgan fingerprint density at radius 2 is 1.82 bits per heavy atom. The molecule has 1 unspecified atom stereocenters. The number of hydrogen-bond acceptors (Lipinski definition) is 2. The smallest absolute Gasteiger partial charge is 0.117 e. The van der Waals surface area contributed by atoms with Crippen LogP contribution in [0.3, 0.4) is 0 Å². The summed E-state index contributed by atoms with van der Waals surface area (Å²) in [6.07, 6.45) is 1.71. The molecule has 1 heterocycles. The summed E-state index contributed by atoms with van der Waals surface area (Å²) in [5.74, 6) is 1.53. The highest BCUT2D eigenvalue weighted by Gasteiger charge is 2.14. The van der Waals surface area contributed by atoms with Crippen LogP contribution >= 0.6 is 0 Å². The zero-order chi connectivity index (χ0) is 12.1. The number of nitrogens with one attached hydrogen (secondary N) is 1. The molecule has 0 bridgehead atoms. The summed E-state index contributed by atoms with van der Waals surface area (Å²) in [5.41, 5.74) is 1.33. The van der Waals surface area contributed by atoms with E-state index in [1.54, 1.807) is 6.26 Å². The van der Waals surface area contributed by atoms with E-state index in [0.29, 0.717) is 12.0 Å². The van der Waals surface area contributed by atoms with Crippen LogP contribution in [0.4, 0.5) is 0 Å². The Morgan fingerprint density at radius 1 is 1.06 bits per heavy atom. The molecule has 0 amide bonds. The summed E-state index contributed by atoms with van der Waals surface area (Å²) in [5, 5.41) is 3.54. The van der Waals surface area contributed by atoms with Crippen LogP contribution in [0.25, 0.3) is 0 Å². The largest absolute Gasteiger partial charge is 0.468 e. The molecule has 0 aliphatic rings. The van der Waals surface area contributed by atoms with Gasteiger partial charge in [-0.15, -0.1) is 0 Å². The maximum absolute atomic E-state index is 5.34. The monoisotopic (exact) mass is 229 g/mol. The van der Waals surface area contributed by atoms with Crippen LogP contribution in [0, 0.1) is 5.92 Å². The maximum atomic E-state index is 5.34. The fraction of sp³-hybridized carbons (Fsp3) is 0.333. The molecule has 0 spiro atoms. The lowest BCUT2D eigenvalue weighted by molar-refractivity contribution is 0.384. The van der Waals surface area contributed by atoms with Crippen molar-refractivity contribution in [2.75, 3.05) is 0 Å². The quantitative estimate of drug-likeness (QED) is 0.844. The molecule has 0 radical (unpaired) electrons. The molecule has 2 nitrogen and oxygen atoms in total. The molecule has 2 rings (SSSR count). The molecule has 0 fully saturated rings. The van der Waals surface area contributed by atoms with Crippen LogP contribution in [-0.2, 0) is 6.54 Å². The van der Waals surface area contributed by atoms with Crippen molar-refractivity contribution in [3.8, 4) is 0 Å². The second-order valence-electron chi connectivity index (χ2n) is 4.59. The second-order valence-corrected chi connectivity index (χ2v) is 4.59. The molecule has 1 aromatic heterocycles. The average Bonchev–Trinajstić information content (AvgIpc) is 2.83. The number of benzene rings is 1. The van der Waals surface area contributed by atoms with Crippen molar-refractivity contribution in [2.45, 2.75) is 26.4 Å². The van der Waals surface area contributed by atoms with E-state index in [0.717, 1.165) is 12.3 Å². The normalized spacial score (nSPS) is 12.9. The van der Waals surface area contributed by atoms with Crippen molar-refractivity contribution < 1.29 is 4.42 Å². The summed E-state index contributed by atoms with van der Waals surface area (Å²) in [7, 11) is 0. The van der Waals surface area contributed by atoms with Crippen LogP contribution in [0.2, 0.25) is 0 Å². The van der Waals surface area contributed by atoms with Gasteiger partial charge in [0.15, 0.2) is 0 Å². The highest BCUT2D eigenvalue weighted by molar-refractivity contribution is 5.19. The molecule has 1 atom stereocenters. The van der Waals surface area contributed by atoms with Gasteiger partial charge in [0.1, 0.15) is 5.76 Å². The fourth-order valence-electron chi connectivity index (χ4n) is 2.02. The minimum absolute atomic E-state index is 0.362. The summed E-state index contributed by atoms with van der Waals surface area (Å²) in [6.45, 7) is 5.23. The SMILES string of the molecule is CC(C)C(NCc1ccco1)c1ccccc1. The van der Waals surface area contributed by atoms with Gasteiger partial charge in [-0.3, -0.25) is 0 Å². The van der Waals surface area contributed by atoms with E-state index in [1.165, 1.54) is 5.56 Å². The summed E-state index contributed by atoms with van der Waals surface area (Å²) in [4.78, 5) is 0. The first kappa shape index (κ1) is 11.9. The Morgan fingerprint density at radius 3 is 2.41 bits per heavy atom. The van der Waals surface area contributed by atoms with E-state index in [4.69, 9.17) is 4.42 Å². The molecule has 2 heteroatoms. The number of rotatable bonds is 5. The van der Waals surface area contributed by atoms with Gasteiger partial charge in [-0.25, -0.2) is 0 Å².